The predicted molar refractivity (Wildman–Crippen MR) is 67.8 cm³/mol. The van der Waals surface area contributed by atoms with Crippen molar-refractivity contribution in [2.24, 2.45) is 5.73 Å². The lowest BCUT2D eigenvalue weighted by molar-refractivity contribution is -0.117. The first-order chi connectivity index (χ1) is 8.04. The van der Waals surface area contributed by atoms with Crippen molar-refractivity contribution in [3.63, 3.8) is 0 Å². The molecule has 0 radical (unpaired) electrons. The molecule has 17 heavy (non-hydrogen) atoms. The van der Waals surface area contributed by atoms with Crippen LogP contribution in [0.5, 0.6) is 0 Å². The number of amides is 2. The van der Waals surface area contributed by atoms with Gasteiger partial charge in [0.25, 0.3) is 5.91 Å². The maximum Gasteiger partial charge on any atom is 0.250 e. The van der Waals surface area contributed by atoms with E-state index in [2.05, 4.69) is 21.2 Å². The van der Waals surface area contributed by atoms with Crippen LogP contribution in [0.2, 0.25) is 0 Å². The van der Waals surface area contributed by atoms with Gasteiger partial charge in [0, 0.05) is 11.6 Å². The molecule has 0 atom stereocenters. The molecule has 0 aliphatic rings. The van der Waals surface area contributed by atoms with Crippen molar-refractivity contribution in [3.8, 4) is 0 Å². The zero-order valence-electron chi connectivity index (χ0n) is 9.33. The molecule has 0 aliphatic heterocycles. The number of carbonyl (C=O) groups is 2. The van der Waals surface area contributed by atoms with E-state index in [1.54, 1.807) is 18.2 Å². The van der Waals surface area contributed by atoms with Crippen LogP contribution in [0.25, 0.3) is 0 Å². The van der Waals surface area contributed by atoms with Crippen LogP contribution in [0.15, 0.2) is 22.7 Å². The van der Waals surface area contributed by atoms with Crippen LogP contribution in [0.1, 0.15) is 16.8 Å². The van der Waals surface area contributed by atoms with Gasteiger partial charge < -0.3 is 15.8 Å². The second-order valence-electron chi connectivity index (χ2n) is 3.35. The zero-order chi connectivity index (χ0) is 12.8. The van der Waals surface area contributed by atoms with Crippen molar-refractivity contribution in [1.29, 1.82) is 0 Å². The molecule has 92 valence electrons. The normalized spacial score (nSPS) is 10.0. The fourth-order valence-electron chi connectivity index (χ4n) is 1.24. The Kier molecular flexibility index (Phi) is 5.11. The minimum Gasteiger partial charge on any atom is -0.384 e. The van der Waals surface area contributed by atoms with Crippen LogP contribution < -0.4 is 11.1 Å². The fraction of sp³-hybridized carbons (Fsp3) is 0.273. The Morgan fingerprint density at radius 3 is 2.76 bits per heavy atom. The van der Waals surface area contributed by atoms with E-state index in [9.17, 15) is 9.59 Å². The first-order valence-corrected chi connectivity index (χ1v) is 5.72. The van der Waals surface area contributed by atoms with E-state index in [0.29, 0.717) is 12.3 Å². The smallest absolute Gasteiger partial charge is 0.250 e. The first-order valence-electron chi connectivity index (χ1n) is 4.92. The van der Waals surface area contributed by atoms with Gasteiger partial charge in [0.05, 0.1) is 24.3 Å². The highest BCUT2D eigenvalue weighted by atomic mass is 79.9. The highest BCUT2D eigenvalue weighted by Gasteiger charge is 2.11. The summed E-state index contributed by atoms with van der Waals surface area (Å²) in [5, 5.41) is 2.62. The van der Waals surface area contributed by atoms with Crippen molar-refractivity contribution >= 4 is 33.4 Å². The van der Waals surface area contributed by atoms with E-state index >= 15 is 0 Å². The second-order valence-corrected chi connectivity index (χ2v) is 4.26. The molecular formula is C11H13BrN2O3. The topological polar surface area (TPSA) is 81.4 Å². The highest BCUT2D eigenvalue weighted by molar-refractivity contribution is 9.10. The molecule has 5 nitrogen and oxygen atoms in total. The van der Waals surface area contributed by atoms with Crippen LogP contribution >= 0.6 is 15.9 Å². The molecule has 0 aromatic heterocycles. The number of ether oxygens (including phenoxy) is 1. The molecule has 0 aliphatic carbocycles. The Balaban J connectivity index is 2.85. The van der Waals surface area contributed by atoms with Crippen LogP contribution in [0, 0.1) is 0 Å². The van der Waals surface area contributed by atoms with Crippen molar-refractivity contribution in [2.45, 2.75) is 6.42 Å². The number of hydrogen-bond acceptors (Lipinski definition) is 3. The number of primary amides is 1. The Bertz CT molecular complexity index is 435. The van der Waals surface area contributed by atoms with Crippen molar-refractivity contribution in [3.05, 3.63) is 28.2 Å². The number of methoxy groups -OCH3 is 1. The van der Waals surface area contributed by atoms with Gasteiger partial charge >= 0.3 is 0 Å². The minimum atomic E-state index is -0.584. The van der Waals surface area contributed by atoms with Gasteiger partial charge in [-0.05, 0) is 18.2 Å². The lowest BCUT2D eigenvalue weighted by Crippen LogP contribution is -2.19. The van der Waals surface area contributed by atoms with E-state index in [1.165, 1.54) is 7.11 Å². The lowest BCUT2D eigenvalue weighted by atomic mass is 10.1. The average molecular weight is 301 g/mol. The standard InChI is InChI=1S/C11H13BrN2O3/c1-17-5-4-10(15)14-9-6-7(12)2-3-8(9)11(13)16/h2-3,6H,4-5H2,1H3,(H2,13,16)(H,14,15). The van der Waals surface area contributed by atoms with Crippen molar-refractivity contribution in [1.82, 2.24) is 0 Å². The summed E-state index contributed by atoms with van der Waals surface area (Å²) in [6, 6.07) is 4.87. The van der Waals surface area contributed by atoms with Gasteiger partial charge in [-0.1, -0.05) is 15.9 Å². The summed E-state index contributed by atoms with van der Waals surface area (Å²) in [5.74, 6) is -0.813. The molecule has 0 bridgehead atoms. The number of benzene rings is 1. The summed E-state index contributed by atoms with van der Waals surface area (Å²) >= 11 is 3.26. The maximum atomic E-state index is 11.5. The molecule has 2 amide bonds. The van der Waals surface area contributed by atoms with E-state index in [0.717, 1.165) is 4.47 Å². The van der Waals surface area contributed by atoms with Crippen LogP contribution in [-0.2, 0) is 9.53 Å². The number of carbonyl (C=O) groups excluding carboxylic acids is 2. The molecule has 0 unspecified atom stereocenters. The zero-order valence-corrected chi connectivity index (χ0v) is 10.9. The molecule has 3 N–H and O–H groups in total. The summed E-state index contributed by atoms with van der Waals surface area (Å²) < 4.78 is 5.54. The summed E-state index contributed by atoms with van der Waals surface area (Å²) in [4.78, 5) is 22.7. The fourth-order valence-corrected chi connectivity index (χ4v) is 1.60. The quantitative estimate of drug-likeness (QED) is 0.865. The number of rotatable bonds is 5. The predicted octanol–water partition coefficient (Wildman–Crippen LogP) is 1.52. The number of halogens is 1. The third kappa shape index (κ3) is 4.16. The maximum absolute atomic E-state index is 11.5. The third-order valence-electron chi connectivity index (χ3n) is 2.05. The van der Waals surface area contributed by atoms with Gasteiger partial charge in [0.2, 0.25) is 5.91 Å². The average Bonchev–Trinajstić information content (AvgIpc) is 2.26. The molecule has 1 aromatic carbocycles. The van der Waals surface area contributed by atoms with Gasteiger partial charge in [-0.2, -0.15) is 0 Å². The van der Waals surface area contributed by atoms with Gasteiger partial charge in [0.15, 0.2) is 0 Å². The highest BCUT2D eigenvalue weighted by Crippen LogP contribution is 2.21. The Labute approximate surface area is 107 Å². The number of nitrogens with one attached hydrogen (secondary N) is 1. The Morgan fingerprint density at radius 2 is 2.18 bits per heavy atom. The summed E-state index contributed by atoms with van der Waals surface area (Å²) in [6.45, 7) is 0.325. The molecular weight excluding hydrogens is 288 g/mol. The van der Waals surface area contributed by atoms with E-state index in [4.69, 9.17) is 10.5 Å². The second kappa shape index (κ2) is 6.36. The molecule has 0 saturated heterocycles. The van der Waals surface area contributed by atoms with E-state index in [-0.39, 0.29) is 17.9 Å². The van der Waals surface area contributed by atoms with Gasteiger partial charge in [-0.15, -0.1) is 0 Å². The molecule has 1 rings (SSSR count). The molecule has 0 saturated carbocycles. The number of nitrogens with two attached hydrogens (primary N) is 1. The van der Waals surface area contributed by atoms with Crippen molar-refractivity contribution in [2.75, 3.05) is 19.0 Å². The molecule has 6 heteroatoms. The lowest BCUT2D eigenvalue weighted by Gasteiger charge is -2.09. The third-order valence-corrected chi connectivity index (χ3v) is 2.55. The van der Waals surface area contributed by atoms with Gasteiger partial charge in [-0.25, -0.2) is 0 Å². The molecule has 0 heterocycles. The van der Waals surface area contributed by atoms with E-state index in [1.807, 2.05) is 0 Å². The number of hydrogen-bond donors (Lipinski definition) is 2. The van der Waals surface area contributed by atoms with Crippen LogP contribution in [0.4, 0.5) is 5.69 Å². The first kappa shape index (κ1) is 13.7. The number of anilines is 1. The van der Waals surface area contributed by atoms with Crippen LogP contribution in [-0.4, -0.2) is 25.5 Å². The molecule has 0 spiro atoms. The van der Waals surface area contributed by atoms with Gasteiger partial charge in [-0.3, -0.25) is 9.59 Å². The summed E-state index contributed by atoms with van der Waals surface area (Å²) in [6.07, 6.45) is 0.223. The Morgan fingerprint density at radius 1 is 1.47 bits per heavy atom. The van der Waals surface area contributed by atoms with Crippen LogP contribution in [0.3, 0.4) is 0 Å². The Hall–Kier alpha value is -1.40. The van der Waals surface area contributed by atoms with E-state index < -0.39 is 5.91 Å². The minimum absolute atomic E-state index is 0.223. The van der Waals surface area contributed by atoms with Crippen molar-refractivity contribution < 1.29 is 14.3 Å². The largest absolute Gasteiger partial charge is 0.384 e. The van der Waals surface area contributed by atoms with Gasteiger partial charge in [0.1, 0.15) is 0 Å². The SMILES string of the molecule is COCCC(=O)Nc1cc(Br)ccc1C(N)=O. The molecule has 0 fully saturated rings. The summed E-state index contributed by atoms with van der Waals surface area (Å²) in [5.41, 5.74) is 5.88. The summed E-state index contributed by atoms with van der Waals surface area (Å²) in [7, 11) is 1.52. The molecule has 1 aromatic rings. The monoisotopic (exact) mass is 300 g/mol.